The normalized spacial score (nSPS) is 12.3. The number of sulfonamides is 1. The van der Waals surface area contributed by atoms with E-state index in [1.807, 2.05) is 35.7 Å². The molecule has 10 heteroatoms. The average Bonchev–Trinajstić information content (AvgIpc) is 3.11. The molecule has 1 aromatic carbocycles. The van der Waals surface area contributed by atoms with E-state index in [0.29, 0.717) is 19.0 Å². The zero-order valence-corrected chi connectivity index (χ0v) is 16.6. The van der Waals surface area contributed by atoms with Crippen LogP contribution in [-0.2, 0) is 16.6 Å². The summed E-state index contributed by atoms with van der Waals surface area (Å²) in [6.45, 7) is 2.95. The smallest absolute Gasteiger partial charge is 0.240 e. The fraction of sp³-hybridized carbons (Fsp3) is 0.278. The molecule has 0 bridgehead atoms. The van der Waals surface area contributed by atoms with Crippen molar-refractivity contribution in [1.82, 2.24) is 30.0 Å². The van der Waals surface area contributed by atoms with Crippen LogP contribution in [0.2, 0.25) is 0 Å². The van der Waals surface area contributed by atoms with Crippen LogP contribution < -0.4 is 15.4 Å². The largest absolute Gasteiger partial charge is 0.355 e. The number of hydrogen-bond donors (Lipinski definition) is 3. The maximum Gasteiger partial charge on any atom is 0.240 e. The van der Waals surface area contributed by atoms with E-state index in [1.165, 1.54) is 0 Å². The summed E-state index contributed by atoms with van der Waals surface area (Å²) in [5.74, 6) is 1.29. The van der Waals surface area contributed by atoms with E-state index in [2.05, 4.69) is 30.5 Å². The molecule has 0 amide bonds. The van der Waals surface area contributed by atoms with Crippen molar-refractivity contribution in [2.45, 2.75) is 18.4 Å². The van der Waals surface area contributed by atoms with Crippen LogP contribution in [0.3, 0.4) is 0 Å². The second kappa shape index (κ2) is 8.81. The highest BCUT2D eigenvalue weighted by Crippen LogP contribution is 2.09. The molecule has 0 aliphatic heterocycles. The molecule has 148 valence electrons. The first-order chi connectivity index (χ1) is 13.5. The Bertz CT molecular complexity index is 1060. The number of guanidine groups is 1. The van der Waals surface area contributed by atoms with Crippen molar-refractivity contribution < 1.29 is 8.42 Å². The number of pyridine rings is 1. The molecular formula is C18H23N7O2S. The number of benzene rings is 1. The van der Waals surface area contributed by atoms with Gasteiger partial charge in [-0.1, -0.05) is 23.8 Å². The van der Waals surface area contributed by atoms with Crippen LogP contribution in [0.4, 0.5) is 0 Å². The lowest BCUT2D eigenvalue weighted by atomic mass is 10.2. The first-order valence-electron chi connectivity index (χ1n) is 8.79. The fourth-order valence-corrected chi connectivity index (χ4v) is 3.59. The van der Waals surface area contributed by atoms with Gasteiger partial charge in [0, 0.05) is 26.3 Å². The lowest BCUT2D eigenvalue weighted by Crippen LogP contribution is -2.41. The highest BCUT2D eigenvalue weighted by atomic mass is 32.2. The summed E-state index contributed by atoms with van der Waals surface area (Å²) in [6.07, 6.45) is 1.89. The summed E-state index contributed by atoms with van der Waals surface area (Å²) in [4.78, 5) is 4.38. The minimum Gasteiger partial charge on any atom is -0.355 e. The number of aromatic nitrogens is 3. The molecule has 3 N–H and O–H groups in total. The summed E-state index contributed by atoms with van der Waals surface area (Å²) < 4.78 is 29.0. The Hall–Kier alpha value is -2.98. The van der Waals surface area contributed by atoms with E-state index in [9.17, 15) is 8.42 Å². The van der Waals surface area contributed by atoms with Gasteiger partial charge >= 0.3 is 0 Å². The number of nitrogens with zero attached hydrogens (tertiary/aromatic N) is 4. The van der Waals surface area contributed by atoms with Gasteiger partial charge in [-0.15, -0.1) is 10.2 Å². The zero-order valence-electron chi connectivity index (χ0n) is 15.8. The molecule has 0 unspecified atom stereocenters. The predicted molar refractivity (Wildman–Crippen MR) is 108 cm³/mol. The van der Waals surface area contributed by atoms with E-state index in [-0.39, 0.29) is 11.4 Å². The van der Waals surface area contributed by atoms with Crippen LogP contribution in [0.1, 0.15) is 11.4 Å². The Morgan fingerprint density at radius 3 is 2.61 bits per heavy atom. The van der Waals surface area contributed by atoms with Crippen molar-refractivity contribution >= 4 is 21.6 Å². The molecule has 0 radical (unpaired) electrons. The molecule has 0 saturated heterocycles. The van der Waals surface area contributed by atoms with Gasteiger partial charge in [-0.3, -0.25) is 9.39 Å². The number of aliphatic imine (C=N–C) groups is 1. The van der Waals surface area contributed by atoms with E-state index >= 15 is 0 Å². The van der Waals surface area contributed by atoms with Gasteiger partial charge in [-0.2, -0.15) is 0 Å². The molecule has 0 fully saturated rings. The van der Waals surface area contributed by atoms with E-state index in [0.717, 1.165) is 17.0 Å². The second-order valence-electron chi connectivity index (χ2n) is 6.11. The number of rotatable bonds is 7. The van der Waals surface area contributed by atoms with Crippen molar-refractivity contribution in [2.75, 3.05) is 20.1 Å². The molecule has 0 spiro atoms. The van der Waals surface area contributed by atoms with Crippen molar-refractivity contribution in [3.63, 3.8) is 0 Å². The molecular weight excluding hydrogens is 378 g/mol. The molecule has 9 nitrogen and oxygen atoms in total. The number of nitrogens with one attached hydrogen (secondary N) is 3. The van der Waals surface area contributed by atoms with Crippen LogP contribution in [0.5, 0.6) is 0 Å². The van der Waals surface area contributed by atoms with Gasteiger partial charge in [0.2, 0.25) is 10.0 Å². The lowest BCUT2D eigenvalue weighted by Gasteiger charge is -2.12. The molecule has 28 heavy (non-hydrogen) atoms. The quantitative estimate of drug-likeness (QED) is 0.305. The second-order valence-corrected chi connectivity index (χ2v) is 7.88. The third-order valence-electron chi connectivity index (χ3n) is 4.06. The van der Waals surface area contributed by atoms with Gasteiger partial charge in [0.15, 0.2) is 17.4 Å². The Balaban J connectivity index is 1.47. The first kappa shape index (κ1) is 19.8. The van der Waals surface area contributed by atoms with Gasteiger partial charge in [-0.25, -0.2) is 13.1 Å². The van der Waals surface area contributed by atoms with Gasteiger partial charge in [-0.05, 0) is 31.2 Å². The SMILES string of the molecule is CN=C(NCCNS(=O)(=O)c1ccc(C)cc1)NCc1nnc2ccccn12. The van der Waals surface area contributed by atoms with E-state index < -0.39 is 10.0 Å². The van der Waals surface area contributed by atoms with Gasteiger partial charge < -0.3 is 10.6 Å². The molecule has 2 heterocycles. The van der Waals surface area contributed by atoms with Crippen LogP contribution in [-0.4, -0.2) is 49.1 Å². The van der Waals surface area contributed by atoms with Crippen molar-refractivity contribution in [3.8, 4) is 0 Å². The fourth-order valence-electron chi connectivity index (χ4n) is 2.56. The predicted octanol–water partition coefficient (Wildman–Crippen LogP) is 0.681. The highest BCUT2D eigenvalue weighted by molar-refractivity contribution is 7.89. The maximum atomic E-state index is 12.3. The van der Waals surface area contributed by atoms with E-state index in [4.69, 9.17) is 0 Å². The van der Waals surface area contributed by atoms with Gasteiger partial charge in [0.05, 0.1) is 11.4 Å². The summed E-state index contributed by atoms with van der Waals surface area (Å²) in [7, 11) is -1.88. The van der Waals surface area contributed by atoms with Crippen LogP contribution in [0.25, 0.3) is 5.65 Å². The van der Waals surface area contributed by atoms with Crippen molar-refractivity contribution in [1.29, 1.82) is 0 Å². The monoisotopic (exact) mass is 401 g/mol. The number of fused-ring (bicyclic) bond motifs is 1. The molecule has 3 aromatic rings. The molecule has 3 rings (SSSR count). The maximum absolute atomic E-state index is 12.3. The van der Waals surface area contributed by atoms with Crippen LogP contribution in [0.15, 0.2) is 58.5 Å². The summed E-state index contributed by atoms with van der Waals surface area (Å²) in [6, 6.07) is 12.4. The molecule has 0 aliphatic carbocycles. The summed E-state index contributed by atoms with van der Waals surface area (Å²) >= 11 is 0. The third-order valence-corrected chi connectivity index (χ3v) is 5.54. The van der Waals surface area contributed by atoms with Gasteiger partial charge in [0.1, 0.15) is 0 Å². The number of hydrogen-bond acceptors (Lipinski definition) is 5. The van der Waals surface area contributed by atoms with Crippen molar-refractivity contribution in [2.24, 2.45) is 4.99 Å². The summed E-state index contributed by atoms with van der Waals surface area (Å²) in [5.41, 5.74) is 1.78. The zero-order chi connectivity index (χ0) is 20.0. The average molecular weight is 401 g/mol. The Morgan fingerprint density at radius 1 is 1.07 bits per heavy atom. The molecule has 0 saturated carbocycles. The highest BCUT2D eigenvalue weighted by Gasteiger charge is 2.12. The summed E-state index contributed by atoms with van der Waals surface area (Å²) in [5, 5.41) is 14.4. The van der Waals surface area contributed by atoms with Crippen molar-refractivity contribution in [3.05, 3.63) is 60.0 Å². The molecule has 0 aliphatic rings. The third kappa shape index (κ3) is 4.84. The van der Waals surface area contributed by atoms with Crippen LogP contribution in [0, 0.1) is 6.92 Å². The molecule has 0 atom stereocenters. The lowest BCUT2D eigenvalue weighted by molar-refractivity contribution is 0.580. The Labute approximate surface area is 164 Å². The Kier molecular flexibility index (Phi) is 6.22. The first-order valence-corrected chi connectivity index (χ1v) is 10.3. The number of aryl methyl sites for hydroxylation is 1. The minimum absolute atomic E-state index is 0.227. The topological polar surface area (TPSA) is 113 Å². The van der Waals surface area contributed by atoms with Gasteiger partial charge in [0.25, 0.3) is 0 Å². The minimum atomic E-state index is -3.53. The van der Waals surface area contributed by atoms with Crippen LogP contribution >= 0.6 is 0 Å². The van der Waals surface area contributed by atoms with E-state index in [1.54, 1.807) is 31.3 Å². The standard InChI is InChI=1S/C18H23N7O2S/c1-14-6-8-15(9-7-14)28(26,27)22-11-10-20-18(19-2)21-13-17-24-23-16-5-3-4-12-25(16)17/h3-9,12,22H,10-11,13H2,1-2H3,(H2,19,20,21). The molecule has 2 aromatic heterocycles. The Morgan fingerprint density at radius 2 is 1.86 bits per heavy atom.